The van der Waals surface area contributed by atoms with Crippen molar-refractivity contribution in [2.24, 2.45) is 0 Å². The minimum Gasteiger partial charge on any atom is -0.750 e. The van der Waals surface area contributed by atoms with Crippen molar-refractivity contribution in [3.8, 4) is 11.1 Å². The molecule has 2 aliphatic carbocycles. The van der Waals surface area contributed by atoms with E-state index in [2.05, 4.69) is 33.4 Å². The van der Waals surface area contributed by atoms with E-state index >= 15 is 0 Å². The van der Waals surface area contributed by atoms with Gasteiger partial charge < -0.3 is 8.74 Å². The number of benzene rings is 1. The van der Waals surface area contributed by atoms with Gasteiger partial charge in [0.1, 0.15) is 0 Å². The highest BCUT2D eigenvalue weighted by Gasteiger charge is 2.03. The number of rotatable bonds is 4. The maximum absolute atomic E-state index is 9.95. The van der Waals surface area contributed by atoms with E-state index in [0.29, 0.717) is 6.42 Å². The standard InChI is InChI=1S/C7H9NO3S.C6H4/c9-12(10)11-5-3-7-2-1-4-8-6-7;1-2-6-4-3-5(1)6/h1-2,4,6H,3,5H2,(H,9,10);1-4H/p-1. The van der Waals surface area contributed by atoms with Gasteiger partial charge in [-0.2, -0.15) is 0 Å². The van der Waals surface area contributed by atoms with Gasteiger partial charge in [0.25, 0.3) is 0 Å². The number of aromatic nitrogens is 1. The predicted octanol–water partition coefficient (Wildman–Crippen LogP) is 2.10. The van der Waals surface area contributed by atoms with E-state index in [1.54, 1.807) is 18.5 Å². The topological polar surface area (TPSA) is 62.2 Å². The molecule has 0 N–H and O–H groups in total. The molecule has 0 saturated heterocycles. The summed E-state index contributed by atoms with van der Waals surface area (Å²) in [5.41, 5.74) is 3.81. The van der Waals surface area contributed by atoms with Crippen molar-refractivity contribution in [1.82, 2.24) is 4.98 Å². The van der Waals surface area contributed by atoms with Crippen LogP contribution in [0.3, 0.4) is 0 Å². The molecule has 3 rings (SSSR count). The monoisotopic (exact) mass is 262 g/mol. The summed E-state index contributed by atoms with van der Waals surface area (Å²) < 4.78 is 24.2. The lowest BCUT2D eigenvalue weighted by molar-refractivity contribution is 0.304. The van der Waals surface area contributed by atoms with Gasteiger partial charge in [0.05, 0.1) is 18.0 Å². The Morgan fingerprint density at radius 3 is 2.22 bits per heavy atom. The molecule has 0 bridgehead atoms. The lowest BCUT2D eigenvalue weighted by atomic mass is 9.95. The van der Waals surface area contributed by atoms with Crippen LogP contribution in [-0.4, -0.2) is 20.4 Å². The first kappa shape index (κ1) is 12.9. The van der Waals surface area contributed by atoms with Crippen LogP contribution in [0.4, 0.5) is 0 Å². The molecular formula is C13H12NO3S-. The summed E-state index contributed by atoms with van der Waals surface area (Å²) in [5, 5.41) is 0. The lowest BCUT2D eigenvalue weighted by Crippen LogP contribution is -2.00. The molecule has 5 heteroatoms. The number of pyridine rings is 1. The van der Waals surface area contributed by atoms with Gasteiger partial charge in [-0.1, -0.05) is 30.3 Å². The molecule has 0 aliphatic heterocycles. The zero-order valence-corrected chi connectivity index (χ0v) is 10.4. The van der Waals surface area contributed by atoms with Crippen LogP contribution in [-0.2, 0) is 22.0 Å². The van der Waals surface area contributed by atoms with E-state index in [4.69, 9.17) is 0 Å². The van der Waals surface area contributed by atoms with E-state index < -0.39 is 11.4 Å². The number of hydrogen-bond donors (Lipinski definition) is 0. The summed E-state index contributed by atoms with van der Waals surface area (Å²) in [5.74, 6) is 0. The van der Waals surface area contributed by atoms with Gasteiger partial charge >= 0.3 is 0 Å². The molecule has 0 aromatic carbocycles. The maximum Gasteiger partial charge on any atom is 0.0842 e. The minimum atomic E-state index is -2.41. The summed E-state index contributed by atoms with van der Waals surface area (Å²) in [7, 11) is 0. The van der Waals surface area contributed by atoms with E-state index in [1.807, 2.05) is 6.07 Å². The fourth-order valence-electron chi connectivity index (χ4n) is 1.44. The number of hydrogen-bond acceptors (Lipinski definition) is 4. The molecule has 1 atom stereocenters. The van der Waals surface area contributed by atoms with Gasteiger partial charge in [0.2, 0.25) is 0 Å². The minimum absolute atomic E-state index is 0.168. The normalized spacial score (nSPS) is 12.3. The third-order valence-electron chi connectivity index (χ3n) is 2.51. The molecule has 4 nitrogen and oxygen atoms in total. The zero-order chi connectivity index (χ0) is 12.8. The molecule has 2 aliphatic rings. The van der Waals surface area contributed by atoms with Gasteiger partial charge in [-0.3, -0.25) is 4.98 Å². The van der Waals surface area contributed by atoms with Crippen LogP contribution in [0.5, 0.6) is 0 Å². The number of nitrogens with zero attached hydrogens (tertiary/aromatic N) is 1. The van der Waals surface area contributed by atoms with Crippen LogP contribution in [0, 0.1) is 0 Å². The van der Waals surface area contributed by atoms with Crippen LogP contribution < -0.4 is 0 Å². The maximum atomic E-state index is 9.95. The van der Waals surface area contributed by atoms with Gasteiger partial charge in [-0.05, 0) is 29.2 Å². The highest BCUT2D eigenvalue weighted by molar-refractivity contribution is 7.74. The Morgan fingerprint density at radius 1 is 1.17 bits per heavy atom. The average Bonchev–Trinajstić information content (AvgIpc) is 2.35. The fourth-order valence-corrected chi connectivity index (χ4v) is 1.66. The second kappa shape index (κ2) is 6.39. The quantitative estimate of drug-likeness (QED) is 0.675. The molecule has 1 unspecified atom stereocenters. The van der Waals surface area contributed by atoms with Crippen LogP contribution in [0.1, 0.15) is 5.56 Å². The van der Waals surface area contributed by atoms with Crippen LogP contribution in [0.25, 0.3) is 11.1 Å². The first-order valence-electron chi connectivity index (χ1n) is 5.47. The second-order valence-corrected chi connectivity index (χ2v) is 4.36. The Labute approximate surface area is 108 Å². The molecule has 18 heavy (non-hydrogen) atoms. The van der Waals surface area contributed by atoms with Gasteiger partial charge in [-0.25, -0.2) is 4.21 Å². The van der Waals surface area contributed by atoms with Crippen LogP contribution in [0.2, 0.25) is 0 Å². The van der Waals surface area contributed by atoms with E-state index in [-0.39, 0.29) is 6.61 Å². The Hall–Kier alpha value is -1.56. The van der Waals surface area contributed by atoms with Crippen molar-refractivity contribution in [1.29, 1.82) is 0 Å². The highest BCUT2D eigenvalue weighted by atomic mass is 32.2. The van der Waals surface area contributed by atoms with E-state index in [0.717, 1.165) is 5.56 Å². The van der Waals surface area contributed by atoms with Crippen molar-refractivity contribution >= 4 is 11.4 Å². The van der Waals surface area contributed by atoms with Crippen LogP contribution >= 0.6 is 0 Å². The van der Waals surface area contributed by atoms with Crippen molar-refractivity contribution in [3.05, 3.63) is 54.4 Å². The van der Waals surface area contributed by atoms with Crippen molar-refractivity contribution in [2.75, 3.05) is 6.61 Å². The van der Waals surface area contributed by atoms with Crippen molar-refractivity contribution < 1.29 is 12.9 Å². The summed E-state index contributed by atoms with van der Waals surface area (Å²) in [6.07, 6.45) is 3.90. The second-order valence-electron chi connectivity index (χ2n) is 3.71. The Kier molecular flexibility index (Phi) is 4.58. The van der Waals surface area contributed by atoms with Gasteiger partial charge in [0, 0.05) is 12.4 Å². The Balaban J connectivity index is 0.000000164. The largest absolute Gasteiger partial charge is 0.750 e. The molecular weight excluding hydrogens is 250 g/mol. The Bertz CT molecular complexity index is 493. The summed E-state index contributed by atoms with van der Waals surface area (Å²) >= 11 is -2.41. The van der Waals surface area contributed by atoms with E-state index in [9.17, 15) is 8.76 Å². The third-order valence-corrected chi connectivity index (χ3v) is 2.87. The summed E-state index contributed by atoms with van der Waals surface area (Å²) in [6.45, 7) is 0.168. The van der Waals surface area contributed by atoms with E-state index in [1.165, 1.54) is 11.1 Å². The molecule has 0 saturated carbocycles. The molecule has 0 fully saturated rings. The SMILES string of the molecule is O=S([O-])OCCc1cccnc1.c1cc2ccc1-2. The highest BCUT2D eigenvalue weighted by Crippen LogP contribution is 2.29. The van der Waals surface area contributed by atoms with Crippen LogP contribution in [0.15, 0.2) is 48.8 Å². The fraction of sp³-hybridized carbons (Fsp3) is 0.154. The molecule has 1 aromatic rings. The average molecular weight is 262 g/mol. The van der Waals surface area contributed by atoms with Gasteiger partial charge in [0.15, 0.2) is 0 Å². The first-order chi connectivity index (χ1) is 8.75. The van der Waals surface area contributed by atoms with Crippen molar-refractivity contribution in [3.63, 3.8) is 0 Å². The zero-order valence-electron chi connectivity index (χ0n) is 9.61. The Morgan fingerprint density at radius 2 is 1.83 bits per heavy atom. The molecule has 94 valence electrons. The summed E-state index contributed by atoms with van der Waals surface area (Å²) in [4.78, 5) is 3.87. The molecule has 1 aromatic heterocycles. The smallest absolute Gasteiger partial charge is 0.0842 e. The predicted molar refractivity (Wildman–Crippen MR) is 68.2 cm³/mol. The molecule has 0 amide bonds. The third kappa shape index (κ3) is 3.73. The molecule has 0 spiro atoms. The molecule has 1 heterocycles. The first-order valence-corrected chi connectivity index (χ1v) is 6.47. The molecule has 0 radical (unpaired) electrons. The number of fused-ring (bicyclic) bond motifs is 1. The lowest BCUT2D eigenvalue weighted by Gasteiger charge is -2.10. The van der Waals surface area contributed by atoms with Crippen molar-refractivity contribution in [2.45, 2.75) is 6.42 Å². The summed E-state index contributed by atoms with van der Waals surface area (Å²) in [6, 6.07) is 12.1. The van der Waals surface area contributed by atoms with Gasteiger partial charge in [-0.15, -0.1) is 0 Å².